The molecule has 2 amide bonds. The van der Waals surface area contributed by atoms with Gasteiger partial charge in [0.1, 0.15) is 5.75 Å². The first-order valence-electron chi connectivity index (χ1n) is 6.69. The standard InChI is InChI=1S/C15H15NO5S/c1-2-21-11-5-3-10(4-6-11)9-12-14(19)16(15(20)22-12)8-7-13(17)18/h3-6,9H,2,7-8H2,1H3,(H,17,18)/p-1/b12-9-. The average molecular weight is 320 g/mol. The summed E-state index contributed by atoms with van der Waals surface area (Å²) in [6.45, 7) is 2.28. The summed E-state index contributed by atoms with van der Waals surface area (Å²) in [6.07, 6.45) is 1.23. The molecule has 0 aliphatic carbocycles. The Kier molecular flexibility index (Phi) is 5.21. The number of benzene rings is 1. The number of carboxylic acids is 1. The fourth-order valence-electron chi connectivity index (χ4n) is 1.87. The molecule has 1 aromatic rings. The molecule has 1 saturated heterocycles. The van der Waals surface area contributed by atoms with E-state index in [9.17, 15) is 19.5 Å². The number of hydrogen-bond donors (Lipinski definition) is 0. The molecular formula is C15H14NO5S-. The van der Waals surface area contributed by atoms with E-state index < -0.39 is 17.1 Å². The van der Waals surface area contributed by atoms with Crippen LogP contribution < -0.4 is 9.84 Å². The van der Waals surface area contributed by atoms with Crippen LogP contribution in [0.15, 0.2) is 29.2 Å². The smallest absolute Gasteiger partial charge is 0.293 e. The van der Waals surface area contributed by atoms with E-state index in [0.717, 1.165) is 28.0 Å². The molecule has 7 heteroatoms. The van der Waals surface area contributed by atoms with E-state index in [0.29, 0.717) is 6.61 Å². The minimum absolute atomic E-state index is 0.173. The highest BCUT2D eigenvalue weighted by Gasteiger charge is 2.34. The van der Waals surface area contributed by atoms with Gasteiger partial charge in [-0.2, -0.15) is 0 Å². The van der Waals surface area contributed by atoms with Crippen molar-refractivity contribution in [1.82, 2.24) is 4.90 Å². The zero-order valence-corrected chi connectivity index (χ0v) is 12.7. The lowest BCUT2D eigenvalue weighted by atomic mass is 10.2. The maximum atomic E-state index is 12.1. The molecule has 0 saturated carbocycles. The van der Waals surface area contributed by atoms with Crippen LogP contribution in [-0.2, 0) is 9.59 Å². The molecule has 1 fully saturated rings. The zero-order valence-electron chi connectivity index (χ0n) is 11.9. The summed E-state index contributed by atoms with van der Waals surface area (Å²) in [7, 11) is 0. The van der Waals surface area contributed by atoms with Gasteiger partial charge in [0, 0.05) is 18.9 Å². The van der Waals surface area contributed by atoms with Crippen molar-refractivity contribution in [2.75, 3.05) is 13.2 Å². The third-order valence-corrected chi connectivity index (χ3v) is 3.81. The lowest BCUT2D eigenvalue weighted by Crippen LogP contribution is -2.33. The summed E-state index contributed by atoms with van der Waals surface area (Å²) in [5.74, 6) is -1.05. The van der Waals surface area contributed by atoms with Gasteiger partial charge in [-0.3, -0.25) is 14.5 Å². The number of carbonyl (C=O) groups is 3. The highest BCUT2D eigenvalue weighted by molar-refractivity contribution is 8.18. The molecule has 1 aromatic carbocycles. The predicted octanol–water partition coefficient (Wildman–Crippen LogP) is 1.26. The second-order valence-corrected chi connectivity index (χ2v) is 5.45. The average Bonchev–Trinajstić information content (AvgIpc) is 2.73. The molecule has 0 atom stereocenters. The van der Waals surface area contributed by atoms with Crippen molar-refractivity contribution in [3.8, 4) is 5.75 Å². The Balaban J connectivity index is 2.10. The van der Waals surface area contributed by atoms with Gasteiger partial charge in [-0.25, -0.2) is 0 Å². The van der Waals surface area contributed by atoms with Gasteiger partial charge in [-0.1, -0.05) is 12.1 Å². The fourth-order valence-corrected chi connectivity index (χ4v) is 2.74. The first-order chi connectivity index (χ1) is 10.5. The first-order valence-corrected chi connectivity index (χ1v) is 7.51. The molecule has 0 spiro atoms. The van der Waals surface area contributed by atoms with Gasteiger partial charge in [0.25, 0.3) is 11.1 Å². The molecule has 0 N–H and O–H groups in total. The number of rotatable bonds is 6. The maximum absolute atomic E-state index is 12.1. The highest BCUT2D eigenvalue weighted by atomic mass is 32.2. The van der Waals surface area contributed by atoms with Gasteiger partial charge in [0.15, 0.2) is 0 Å². The van der Waals surface area contributed by atoms with Crippen LogP contribution in [0.2, 0.25) is 0 Å². The normalized spacial score (nSPS) is 16.4. The number of imide groups is 1. The molecule has 2 rings (SSSR count). The topological polar surface area (TPSA) is 86.7 Å². The van der Waals surface area contributed by atoms with E-state index in [-0.39, 0.29) is 17.9 Å². The molecule has 1 aliphatic rings. The number of carbonyl (C=O) groups excluding carboxylic acids is 3. The molecule has 22 heavy (non-hydrogen) atoms. The van der Waals surface area contributed by atoms with Crippen LogP contribution in [0.5, 0.6) is 5.75 Å². The Hall–Kier alpha value is -2.28. The Bertz CT molecular complexity index is 623. The molecule has 6 nitrogen and oxygen atoms in total. The highest BCUT2D eigenvalue weighted by Crippen LogP contribution is 2.32. The van der Waals surface area contributed by atoms with Crippen molar-refractivity contribution in [1.29, 1.82) is 0 Å². The fraction of sp³-hybridized carbons (Fsp3) is 0.267. The number of thioether (sulfide) groups is 1. The third-order valence-electron chi connectivity index (χ3n) is 2.90. The lowest BCUT2D eigenvalue weighted by Gasteiger charge is -2.12. The molecule has 1 heterocycles. The van der Waals surface area contributed by atoms with Crippen LogP contribution in [0.4, 0.5) is 4.79 Å². The molecule has 0 bridgehead atoms. The van der Waals surface area contributed by atoms with Crippen molar-refractivity contribution in [3.63, 3.8) is 0 Å². The largest absolute Gasteiger partial charge is 0.550 e. The van der Waals surface area contributed by atoms with Crippen molar-refractivity contribution < 1.29 is 24.2 Å². The number of ether oxygens (including phenoxy) is 1. The lowest BCUT2D eigenvalue weighted by molar-refractivity contribution is -0.305. The monoisotopic (exact) mass is 320 g/mol. The van der Waals surface area contributed by atoms with E-state index >= 15 is 0 Å². The van der Waals surface area contributed by atoms with Gasteiger partial charge >= 0.3 is 0 Å². The zero-order chi connectivity index (χ0) is 16.1. The SMILES string of the molecule is CCOc1ccc(/C=C2\SC(=O)N(CCC(=O)[O-])C2=O)cc1. The van der Waals surface area contributed by atoms with Crippen molar-refractivity contribution >= 4 is 35.0 Å². The Morgan fingerprint density at radius 3 is 2.59 bits per heavy atom. The minimum atomic E-state index is -1.30. The first kappa shape index (κ1) is 16.1. The number of carboxylic acid groups (broad SMARTS) is 1. The van der Waals surface area contributed by atoms with Gasteiger partial charge in [0.2, 0.25) is 0 Å². The second kappa shape index (κ2) is 7.13. The number of aliphatic carboxylic acids is 1. The summed E-state index contributed by atoms with van der Waals surface area (Å²) in [6, 6.07) is 7.10. The van der Waals surface area contributed by atoms with E-state index in [1.54, 1.807) is 30.3 Å². The van der Waals surface area contributed by atoms with Crippen LogP contribution in [0.3, 0.4) is 0 Å². The summed E-state index contributed by atoms with van der Waals surface area (Å²) in [5.41, 5.74) is 0.758. The molecule has 1 aliphatic heterocycles. The number of nitrogens with zero attached hydrogens (tertiary/aromatic N) is 1. The number of amides is 2. The van der Waals surface area contributed by atoms with Gasteiger partial charge in [-0.05, 0) is 42.5 Å². The number of hydrogen-bond acceptors (Lipinski definition) is 6. The molecule has 0 aromatic heterocycles. The molecule has 0 radical (unpaired) electrons. The van der Waals surface area contributed by atoms with Crippen molar-refractivity contribution in [3.05, 3.63) is 34.7 Å². The van der Waals surface area contributed by atoms with Crippen LogP contribution in [0, 0.1) is 0 Å². The Morgan fingerprint density at radius 1 is 1.32 bits per heavy atom. The summed E-state index contributed by atoms with van der Waals surface area (Å²) in [5, 5.41) is 9.96. The third kappa shape index (κ3) is 3.88. The van der Waals surface area contributed by atoms with E-state index in [1.807, 2.05) is 6.92 Å². The second-order valence-electron chi connectivity index (χ2n) is 4.46. The quantitative estimate of drug-likeness (QED) is 0.733. The van der Waals surface area contributed by atoms with E-state index in [2.05, 4.69) is 0 Å². The van der Waals surface area contributed by atoms with Crippen LogP contribution in [0.25, 0.3) is 6.08 Å². The predicted molar refractivity (Wildman–Crippen MR) is 79.9 cm³/mol. The van der Waals surface area contributed by atoms with Gasteiger partial charge < -0.3 is 14.6 Å². The van der Waals surface area contributed by atoms with E-state index in [4.69, 9.17) is 4.74 Å². The van der Waals surface area contributed by atoms with Crippen molar-refractivity contribution in [2.24, 2.45) is 0 Å². The van der Waals surface area contributed by atoms with Gasteiger partial charge in [0.05, 0.1) is 11.5 Å². The van der Waals surface area contributed by atoms with Crippen LogP contribution in [0.1, 0.15) is 18.9 Å². The molecule has 0 unspecified atom stereocenters. The summed E-state index contributed by atoms with van der Waals surface area (Å²) in [4.78, 5) is 35.4. The minimum Gasteiger partial charge on any atom is -0.550 e. The van der Waals surface area contributed by atoms with Crippen LogP contribution >= 0.6 is 11.8 Å². The Labute approximate surface area is 131 Å². The Morgan fingerprint density at radius 2 is 2.00 bits per heavy atom. The van der Waals surface area contributed by atoms with Gasteiger partial charge in [-0.15, -0.1) is 0 Å². The summed E-state index contributed by atoms with van der Waals surface area (Å²) < 4.78 is 5.32. The van der Waals surface area contributed by atoms with E-state index in [1.165, 1.54) is 0 Å². The molecular weight excluding hydrogens is 306 g/mol. The van der Waals surface area contributed by atoms with Crippen LogP contribution in [-0.4, -0.2) is 35.2 Å². The van der Waals surface area contributed by atoms with Crippen molar-refractivity contribution in [2.45, 2.75) is 13.3 Å². The maximum Gasteiger partial charge on any atom is 0.293 e. The summed E-state index contributed by atoms with van der Waals surface area (Å²) >= 11 is 0.797. The molecule has 116 valence electrons.